The molecule has 1 aromatic heterocycles. The highest BCUT2D eigenvalue weighted by molar-refractivity contribution is 5.37. The molecule has 1 aromatic carbocycles. The van der Waals surface area contributed by atoms with Gasteiger partial charge in [-0.25, -0.2) is 0 Å². The van der Waals surface area contributed by atoms with Crippen molar-refractivity contribution in [2.45, 2.75) is 6.42 Å². The van der Waals surface area contributed by atoms with Crippen molar-refractivity contribution >= 4 is 11.8 Å². The van der Waals surface area contributed by atoms with Gasteiger partial charge in [-0.3, -0.25) is 0 Å². The van der Waals surface area contributed by atoms with Crippen molar-refractivity contribution in [1.29, 1.82) is 0 Å². The average molecular weight is 273 g/mol. The van der Waals surface area contributed by atoms with Gasteiger partial charge in [0.05, 0.1) is 12.8 Å². The Morgan fingerprint density at radius 1 is 1.10 bits per heavy atom. The zero-order chi connectivity index (χ0) is 14.0. The predicted molar refractivity (Wildman–Crippen MR) is 78.8 cm³/mol. The molecular formula is C14H19N5O. The second-order valence-electron chi connectivity index (χ2n) is 4.25. The first kappa shape index (κ1) is 14.2. The van der Waals surface area contributed by atoms with Gasteiger partial charge in [-0.05, 0) is 12.0 Å². The van der Waals surface area contributed by atoms with Gasteiger partial charge in [-0.15, -0.1) is 5.10 Å². The van der Waals surface area contributed by atoms with Crippen molar-refractivity contribution in [2.75, 3.05) is 37.4 Å². The summed E-state index contributed by atoms with van der Waals surface area (Å²) in [6.45, 7) is 2.07. The van der Waals surface area contributed by atoms with Crippen molar-refractivity contribution in [2.24, 2.45) is 0 Å². The summed E-state index contributed by atoms with van der Waals surface area (Å²) in [5.41, 5.74) is 1.29. The highest BCUT2D eigenvalue weighted by atomic mass is 16.5. The van der Waals surface area contributed by atoms with Crippen LogP contribution in [-0.2, 0) is 11.2 Å². The minimum Gasteiger partial charge on any atom is -0.383 e. The zero-order valence-electron chi connectivity index (χ0n) is 11.5. The summed E-state index contributed by atoms with van der Waals surface area (Å²) in [6, 6.07) is 10.3. The van der Waals surface area contributed by atoms with Crippen molar-refractivity contribution in [1.82, 2.24) is 15.2 Å². The fraction of sp³-hybridized carbons (Fsp3) is 0.357. The maximum atomic E-state index is 4.95. The molecule has 20 heavy (non-hydrogen) atoms. The first-order valence-corrected chi connectivity index (χ1v) is 6.59. The lowest BCUT2D eigenvalue weighted by atomic mass is 10.1. The second-order valence-corrected chi connectivity index (χ2v) is 4.25. The van der Waals surface area contributed by atoms with Crippen LogP contribution in [0.4, 0.5) is 11.8 Å². The van der Waals surface area contributed by atoms with E-state index < -0.39 is 0 Å². The summed E-state index contributed by atoms with van der Waals surface area (Å²) in [7, 11) is 1.66. The number of methoxy groups -OCH3 is 1. The standard InChI is InChI=1S/C14H19N5O/c1-20-10-9-16-14-18-13(11-17-19-14)15-8-7-12-5-3-2-4-6-12/h2-6,11H,7-10H2,1H3,(H2,15,16,18,19). The third-order valence-corrected chi connectivity index (χ3v) is 2.71. The largest absolute Gasteiger partial charge is 0.383 e. The van der Waals surface area contributed by atoms with E-state index >= 15 is 0 Å². The molecule has 0 unspecified atom stereocenters. The molecule has 0 bridgehead atoms. The minimum absolute atomic E-state index is 0.506. The number of anilines is 2. The van der Waals surface area contributed by atoms with E-state index in [0.29, 0.717) is 19.1 Å². The van der Waals surface area contributed by atoms with Crippen LogP contribution in [0.15, 0.2) is 36.5 Å². The van der Waals surface area contributed by atoms with E-state index in [9.17, 15) is 0 Å². The van der Waals surface area contributed by atoms with Gasteiger partial charge in [0.2, 0.25) is 5.95 Å². The third kappa shape index (κ3) is 4.81. The van der Waals surface area contributed by atoms with Crippen LogP contribution >= 0.6 is 0 Å². The lowest BCUT2D eigenvalue weighted by molar-refractivity contribution is 0.210. The lowest BCUT2D eigenvalue weighted by Gasteiger charge is -2.07. The van der Waals surface area contributed by atoms with Crippen LogP contribution in [0, 0.1) is 0 Å². The molecule has 0 fully saturated rings. The highest BCUT2D eigenvalue weighted by Crippen LogP contribution is 2.04. The van der Waals surface area contributed by atoms with Gasteiger partial charge < -0.3 is 15.4 Å². The lowest BCUT2D eigenvalue weighted by Crippen LogP contribution is -2.13. The van der Waals surface area contributed by atoms with Gasteiger partial charge in [0, 0.05) is 20.2 Å². The third-order valence-electron chi connectivity index (χ3n) is 2.71. The van der Waals surface area contributed by atoms with Gasteiger partial charge in [0.15, 0.2) is 5.82 Å². The fourth-order valence-electron chi connectivity index (χ4n) is 1.71. The molecule has 0 aliphatic heterocycles. The summed E-state index contributed by atoms with van der Waals surface area (Å²) in [5, 5.41) is 14.1. The molecule has 0 atom stereocenters. The minimum atomic E-state index is 0.506. The number of nitrogens with one attached hydrogen (secondary N) is 2. The van der Waals surface area contributed by atoms with Crippen LogP contribution < -0.4 is 10.6 Å². The Labute approximate surface area is 118 Å². The van der Waals surface area contributed by atoms with Gasteiger partial charge >= 0.3 is 0 Å². The first-order chi connectivity index (χ1) is 9.88. The molecular weight excluding hydrogens is 254 g/mol. The Morgan fingerprint density at radius 3 is 2.75 bits per heavy atom. The van der Waals surface area contributed by atoms with E-state index in [0.717, 1.165) is 18.8 Å². The molecule has 0 aliphatic carbocycles. The predicted octanol–water partition coefficient (Wildman–Crippen LogP) is 1.58. The van der Waals surface area contributed by atoms with Gasteiger partial charge in [0.1, 0.15) is 0 Å². The van der Waals surface area contributed by atoms with Gasteiger partial charge in [0.25, 0.3) is 0 Å². The molecule has 0 spiro atoms. The summed E-state index contributed by atoms with van der Waals surface area (Å²) < 4.78 is 4.95. The highest BCUT2D eigenvalue weighted by Gasteiger charge is 1.99. The van der Waals surface area contributed by atoms with Crippen LogP contribution in [0.2, 0.25) is 0 Å². The summed E-state index contributed by atoms with van der Waals surface area (Å²) >= 11 is 0. The number of ether oxygens (including phenoxy) is 1. The van der Waals surface area contributed by atoms with Crippen LogP contribution in [0.5, 0.6) is 0 Å². The smallest absolute Gasteiger partial charge is 0.244 e. The summed E-state index contributed by atoms with van der Waals surface area (Å²) in [4.78, 5) is 4.32. The van der Waals surface area contributed by atoms with E-state index in [1.165, 1.54) is 5.56 Å². The Hall–Kier alpha value is -2.21. The van der Waals surface area contributed by atoms with E-state index in [1.54, 1.807) is 13.3 Å². The number of benzene rings is 1. The Bertz CT molecular complexity index is 506. The van der Waals surface area contributed by atoms with Crippen molar-refractivity contribution in [3.8, 4) is 0 Å². The molecule has 0 radical (unpaired) electrons. The normalized spacial score (nSPS) is 10.2. The van der Waals surface area contributed by atoms with Crippen molar-refractivity contribution in [3.05, 3.63) is 42.1 Å². The zero-order valence-corrected chi connectivity index (χ0v) is 11.5. The molecule has 2 aromatic rings. The topological polar surface area (TPSA) is 72.0 Å². The van der Waals surface area contributed by atoms with Crippen LogP contribution in [-0.4, -0.2) is 42.0 Å². The van der Waals surface area contributed by atoms with Crippen LogP contribution in [0.3, 0.4) is 0 Å². The number of hydrogen-bond donors (Lipinski definition) is 2. The fourth-order valence-corrected chi connectivity index (χ4v) is 1.71. The Kier molecular flexibility index (Phi) is 5.72. The van der Waals surface area contributed by atoms with E-state index in [-0.39, 0.29) is 0 Å². The van der Waals surface area contributed by atoms with Crippen molar-refractivity contribution < 1.29 is 4.74 Å². The second kappa shape index (κ2) is 8.06. The SMILES string of the molecule is COCCNc1nncc(NCCc2ccccc2)n1. The molecule has 0 aliphatic rings. The molecule has 106 valence electrons. The maximum absolute atomic E-state index is 4.95. The van der Waals surface area contributed by atoms with Crippen molar-refractivity contribution in [3.63, 3.8) is 0 Å². The monoisotopic (exact) mass is 273 g/mol. The number of nitrogens with zero attached hydrogens (tertiary/aromatic N) is 3. The summed E-state index contributed by atoms with van der Waals surface area (Å²) in [5.74, 6) is 1.22. The maximum Gasteiger partial charge on any atom is 0.244 e. The number of rotatable bonds is 8. The summed E-state index contributed by atoms with van der Waals surface area (Å²) in [6.07, 6.45) is 2.56. The number of hydrogen-bond acceptors (Lipinski definition) is 6. The quantitative estimate of drug-likeness (QED) is 0.712. The molecule has 6 heteroatoms. The number of aromatic nitrogens is 3. The van der Waals surface area contributed by atoms with Gasteiger partial charge in [-0.1, -0.05) is 30.3 Å². The van der Waals surface area contributed by atoms with E-state index in [2.05, 4.69) is 37.9 Å². The molecule has 2 rings (SSSR count). The molecule has 2 N–H and O–H groups in total. The van der Waals surface area contributed by atoms with Gasteiger partial charge in [-0.2, -0.15) is 10.1 Å². The average Bonchev–Trinajstić information content (AvgIpc) is 2.49. The molecule has 6 nitrogen and oxygen atoms in total. The van der Waals surface area contributed by atoms with E-state index in [4.69, 9.17) is 4.74 Å². The Morgan fingerprint density at radius 2 is 1.95 bits per heavy atom. The molecule has 1 heterocycles. The molecule has 0 saturated carbocycles. The van der Waals surface area contributed by atoms with E-state index in [1.807, 2.05) is 18.2 Å². The Balaban J connectivity index is 1.79. The molecule has 0 amide bonds. The van der Waals surface area contributed by atoms with Crippen LogP contribution in [0.25, 0.3) is 0 Å². The first-order valence-electron chi connectivity index (χ1n) is 6.59. The molecule has 0 saturated heterocycles. The van der Waals surface area contributed by atoms with Crippen LogP contribution in [0.1, 0.15) is 5.56 Å².